The second-order valence-electron chi connectivity index (χ2n) is 14.8. The van der Waals surface area contributed by atoms with Crippen LogP contribution in [-0.4, -0.2) is 0 Å². The topological polar surface area (TPSA) is 24.9 Å². The van der Waals surface area contributed by atoms with Gasteiger partial charge in [-0.25, -0.2) is 0 Å². The number of rotatable bonds is 7. The van der Waals surface area contributed by atoms with Crippen LogP contribution in [0.25, 0.3) is 54.6 Å². The van der Waals surface area contributed by atoms with Crippen LogP contribution in [0.15, 0.2) is 200 Å². The van der Waals surface area contributed by atoms with Crippen molar-refractivity contribution in [1.82, 2.24) is 0 Å². The van der Waals surface area contributed by atoms with E-state index >= 15 is 0 Å². The number of anilines is 5. The Hall–Kier alpha value is -7.56. The third-order valence-electron chi connectivity index (χ3n) is 11.4. The summed E-state index contributed by atoms with van der Waals surface area (Å²) in [5.74, 6) is 3.30. The van der Waals surface area contributed by atoms with E-state index in [0.29, 0.717) is 0 Å². The smallest absolute Gasteiger partial charge is 0.137 e. The normalized spacial score (nSPS) is 12.6. The van der Waals surface area contributed by atoms with Crippen molar-refractivity contribution in [3.63, 3.8) is 0 Å². The summed E-state index contributed by atoms with van der Waals surface area (Å²) in [5, 5.41) is 6.95. The van der Waals surface area contributed by atoms with Crippen molar-refractivity contribution < 1.29 is 9.47 Å². The molecule has 0 radical (unpaired) electrons. The molecule has 9 aromatic carbocycles. The van der Waals surface area contributed by atoms with Gasteiger partial charge in [-0.3, -0.25) is 0 Å². The highest BCUT2D eigenvalue weighted by Crippen LogP contribution is 2.56. The monoisotopic (exact) mass is 746 g/mol. The van der Waals surface area contributed by atoms with Crippen LogP contribution in [0.3, 0.4) is 0 Å². The molecule has 58 heavy (non-hydrogen) atoms. The SMILES string of the molecule is C/C=C\C(=C/C)N(c1ccccc1)c1ccc2c(c1)Oc1ccc3c4c(ccc-2c14)Oc1cc(N(c2ccc4ccccc4c2)c2ccc4ccccc4c2)ccc1-3. The zero-order valence-corrected chi connectivity index (χ0v) is 32.2. The van der Waals surface area contributed by atoms with Gasteiger partial charge in [-0.1, -0.05) is 91.0 Å². The molecule has 2 aliphatic rings. The van der Waals surface area contributed by atoms with Gasteiger partial charge in [-0.05, 0) is 138 Å². The van der Waals surface area contributed by atoms with Gasteiger partial charge in [0.1, 0.15) is 23.0 Å². The first-order valence-corrected chi connectivity index (χ1v) is 19.8. The Balaban J connectivity index is 1.01. The van der Waals surface area contributed by atoms with Crippen LogP contribution >= 0.6 is 0 Å². The fraction of sp³-hybridized carbons (Fsp3) is 0.0370. The lowest BCUT2D eigenvalue weighted by Gasteiger charge is -2.30. The van der Waals surface area contributed by atoms with Crippen molar-refractivity contribution >= 4 is 60.8 Å². The quantitative estimate of drug-likeness (QED) is 0.152. The molecule has 0 spiro atoms. The van der Waals surface area contributed by atoms with Crippen molar-refractivity contribution in [3.05, 3.63) is 200 Å². The first-order valence-electron chi connectivity index (χ1n) is 19.8. The van der Waals surface area contributed by atoms with Crippen molar-refractivity contribution in [2.24, 2.45) is 0 Å². The molecule has 0 atom stereocenters. The van der Waals surface area contributed by atoms with Crippen LogP contribution in [0.1, 0.15) is 13.8 Å². The molecule has 2 aliphatic heterocycles. The maximum absolute atomic E-state index is 6.88. The molecule has 2 heterocycles. The molecule has 0 bridgehead atoms. The number of para-hydroxylation sites is 1. The standard InChI is InChI=1S/C54H38N2O2/c1-3-12-39(4-2)55(40-17-6-5-7-18-40)43-23-25-45-47-27-30-50-54-48(28-29-49(53(47)54)57-51(45)33-43)46-26-24-44(34-52(46)58-50)56(41-21-19-35-13-8-10-15-37(35)31-41)42-22-20-36-14-9-11-16-38(36)32-42/h3-34H,1-2H3/b12-3-,39-4+. The lowest BCUT2D eigenvalue weighted by atomic mass is 9.88. The number of hydrogen-bond donors (Lipinski definition) is 0. The van der Waals surface area contributed by atoms with Gasteiger partial charge in [-0.2, -0.15) is 0 Å². The first-order chi connectivity index (χ1) is 28.6. The van der Waals surface area contributed by atoms with Gasteiger partial charge in [0.25, 0.3) is 0 Å². The highest BCUT2D eigenvalue weighted by Gasteiger charge is 2.29. The third-order valence-corrected chi connectivity index (χ3v) is 11.4. The maximum atomic E-state index is 6.88. The van der Waals surface area contributed by atoms with Gasteiger partial charge >= 0.3 is 0 Å². The van der Waals surface area contributed by atoms with Crippen molar-refractivity contribution in [3.8, 4) is 45.3 Å². The van der Waals surface area contributed by atoms with E-state index in [4.69, 9.17) is 9.47 Å². The van der Waals surface area contributed by atoms with E-state index in [9.17, 15) is 0 Å². The average molecular weight is 747 g/mol. The van der Waals surface area contributed by atoms with E-state index < -0.39 is 0 Å². The fourth-order valence-electron chi connectivity index (χ4n) is 8.78. The van der Waals surface area contributed by atoms with E-state index in [2.05, 4.69) is 205 Å². The Morgan fingerprint density at radius 1 is 0.397 bits per heavy atom. The van der Waals surface area contributed by atoms with Gasteiger partial charge in [0.15, 0.2) is 0 Å². The lowest BCUT2D eigenvalue weighted by Crippen LogP contribution is -2.15. The highest BCUT2D eigenvalue weighted by molar-refractivity contribution is 6.14. The predicted molar refractivity (Wildman–Crippen MR) is 242 cm³/mol. The Bertz CT molecular complexity index is 3080. The van der Waals surface area contributed by atoms with E-state index in [1.807, 2.05) is 13.0 Å². The van der Waals surface area contributed by atoms with Crippen LogP contribution in [0.2, 0.25) is 0 Å². The molecule has 11 rings (SSSR count). The molecule has 0 N–H and O–H groups in total. The predicted octanol–water partition coefficient (Wildman–Crippen LogP) is 15.8. The summed E-state index contributed by atoms with van der Waals surface area (Å²) in [6, 6.07) is 62.6. The van der Waals surface area contributed by atoms with Gasteiger partial charge in [-0.15, -0.1) is 0 Å². The first kappa shape index (κ1) is 33.8. The number of hydrogen-bond acceptors (Lipinski definition) is 4. The summed E-state index contributed by atoms with van der Waals surface area (Å²) in [5.41, 5.74) is 10.8. The van der Waals surface area contributed by atoms with Crippen LogP contribution in [0, 0.1) is 0 Å². The Morgan fingerprint density at radius 2 is 0.862 bits per heavy atom. The largest absolute Gasteiger partial charge is 0.456 e. The van der Waals surface area contributed by atoms with Crippen LogP contribution in [0.5, 0.6) is 23.0 Å². The molecule has 9 aromatic rings. The number of fused-ring (bicyclic) bond motifs is 6. The minimum atomic E-state index is 0.823. The summed E-state index contributed by atoms with van der Waals surface area (Å²) < 4.78 is 13.7. The second kappa shape index (κ2) is 13.6. The third kappa shape index (κ3) is 5.45. The molecule has 0 saturated heterocycles. The van der Waals surface area contributed by atoms with Gasteiger partial charge in [0, 0.05) is 68.2 Å². The summed E-state index contributed by atoms with van der Waals surface area (Å²) in [6.07, 6.45) is 6.34. The average Bonchev–Trinajstić information content (AvgIpc) is 3.27. The summed E-state index contributed by atoms with van der Waals surface area (Å²) >= 11 is 0. The molecule has 4 nitrogen and oxygen atoms in total. The summed E-state index contributed by atoms with van der Waals surface area (Å²) in [4.78, 5) is 4.59. The summed E-state index contributed by atoms with van der Waals surface area (Å²) in [6.45, 7) is 4.12. The number of benzene rings is 9. The second-order valence-corrected chi connectivity index (χ2v) is 14.8. The Kier molecular flexibility index (Phi) is 7.90. The van der Waals surface area contributed by atoms with Crippen LogP contribution in [-0.2, 0) is 0 Å². The highest BCUT2D eigenvalue weighted by atomic mass is 16.5. The molecule has 0 aliphatic carbocycles. The number of nitrogens with zero attached hydrogens (tertiary/aromatic N) is 2. The fourth-order valence-corrected chi connectivity index (χ4v) is 8.78. The van der Waals surface area contributed by atoms with E-state index in [1.54, 1.807) is 0 Å². The van der Waals surface area contributed by atoms with Gasteiger partial charge < -0.3 is 19.3 Å². The molecule has 4 heteroatoms. The van der Waals surface area contributed by atoms with Crippen LogP contribution in [0.4, 0.5) is 28.4 Å². The lowest BCUT2D eigenvalue weighted by molar-refractivity contribution is 0.480. The van der Waals surface area contributed by atoms with E-state index in [0.717, 1.165) is 90.2 Å². The van der Waals surface area contributed by atoms with Crippen molar-refractivity contribution in [1.29, 1.82) is 0 Å². The molecular weight excluding hydrogens is 709 g/mol. The molecule has 276 valence electrons. The zero-order valence-electron chi connectivity index (χ0n) is 32.2. The molecule has 0 saturated carbocycles. The van der Waals surface area contributed by atoms with E-state index in [-0.39, 0.29) is 0 Å². The zero-order chi connectivity index (χ0) is 38.7. The molecule has 0 fully saturated rings. The van der Waals surface area contributed by atoms with Gasteiger partial charge in [0.05, 0.1) is 0 Å². The van der Waals surface area contributed by atoms with E-state index in [1.165, 1.54) is 21.5 Å². The molecule has 0 amide bonds. The van der Waals surface area contributed by atoms with Crippen molar-refractivity contribution in [2.45, 2.75) is 13.8 Å². The molecule has 0 aromatic heterocycles. The molecule has 0 unspecified atom stereocenters. The van der Waals surface area contributed by atoms with Crippen LogP contribution < -0.4 is 19.3 Å². The molecular formula is C54H38N2O2. The minimum Gasteiger partial charge on any atom is -0.456 e. The van der Waals surface area contributed by atoms with Crippen molar-refractivity contribution in [2.75, 3.05) is 9.80 Å². The maximum Gasteiger partial charge on any atom is 0.137 e. The Morgan fingerprint density at radius 3 is 1.41 bits per heavy atom. The Labute approximate surface area is 337 Å². The number of ether oxygens (including phenoxy) is 2. The number of allylic oxidation sites excluding steroid dienone is 3. The minimum absolute atomic E-state index is 0.823. The van der Waals surface area contributed by atoms with Gasteiger partial charge in [0.2, 0.25) is 0 Å². The summed E-state index contributed by atoms with van der Waals surface area (Å²) in [7, 11) is 0.